The van der Waals surface area contributed by atoms with Gasteiger partial charge in [0.05, 0.1) is 12.5 Å². The molecule has 1 saturated carbocycles. The highest BCUT2D eigenvalue weighted by Gasteiger charge is 2.68. The van der Waals surface area contributed by atoms with Gasteiger partial charge in [0.15, 0.2) is 0 Å². The molecule has 0 radical (unpaired) electrons. The number of carbonyl (C=O) groups is 1. The van der Waals surface area contributed by atoms with E-state index in [1.807, 2.05) is 6.92 Å². The second-order valence-corrected chi connectivity index (χ2v) is 5.26. The summed E-state index contributed by atoms with van der Waals surface area (Å²) >= 11 is 0. The van der Waals surface area contributed by atoms with Gasteiger partial charge in [0.2, 0.25) is 0 Å². The lowest BCUT2D eigenvalue weighted by Crippen LogP contribution is -2.42. The number of carbonyl (C=O) groups excluding carboxylic acids is 1. The van der Waals surface area contributed by atoms with E-state index in [-0.39, 0.29) is 23.8 Å². The van der Waals surface area contributed by atoms with Crippen LogP contribution in [-0.4, -0.2) is 23.8 Å². The molecule has 1 aliphatic carbocycles. The van der Waals surface area contributed by atoms with Crippen LogP contribution in [0.25, 0.3) is 0 Å². The molecule has 2 aliphatic heterocycles. The van der Waals surface area contributed by atoms with Crippen molar-refractivity contribution in [3.05, 3.63) is 12.2 Å². The van der Waals surface area contributed by atoms with Crippen LogP contribution in [0.3, 0.4) is 0 Å². The van der Waals surface area contributed by atoms with Gasteiger partial charge in [0.1, 0.15) is 11.7 Å². The van der Waals surface area contributed by atoms with Gasteiger partial charge < -0.3 is 9.47 Å². The third kappa shape index (κ3) is 1.13. The summed E-state index contributed by atoms with van der Waals surface area (Å²) in [6, 6.07) is 0. The zero-order valence-corrected chi connectivity index (χ0v) is 9.16. The molecule has 0 amide bonds. The first-order chi connectivity index (χ1) is 7.02. The molecule has 0 spiro atoms. The lowest BCUT2D eigenvalue weighted by Gasteiger charge is -2.33. The fourth-order valence-corrected chi connectivity index (χ4v) is 3.25. The minimum atomic E-state index is -0.192. The molecule has 2 saturated heterocycles. The lowest BCUT2D eigenvalue weighted by atomic mass is 9.70. The Morgan fingerprint density at radius 3 is 3.00 bits per heavy atom. The van der Waals surface area contributed by atoms with Gasteiger partial charge in [-0.2, -0.15) is 0 Å². The van der Waals surface area contributed by atoms with Crippen molar-refractivity contribution in [3.8, 4) is 0 Å². The van der Waals surface area contributed by atoms with Crippen LogP contribution >= 0.6 is 0 Å². The zero-order valence-electron chi connectivity index (χ0n) is 9.16. The predicted molar refractivity (Wildman–Crippen MR) is 54.2 cm³/mol. The number of hydrogen-bond acceptors (Lipinski definition) is 3. The average Bonchev–Trinajstić information content (AvgIpc) is 2.64. The van der Waals surface area contributed by atoms with Gasteiger partial charge in [0, 0.05) is 5.92 Å². The van der Waals surface area contributed by atoms with Crippen LogP contribution in [0.4, 0.5) is 0 Å². The minimum Gasteiger partial charge on any atom is -0.459 e. The van der Waals surface area contributed by atoms with Gasteiger partial charge in [-0.3, -0.25) is 4.79 Å². The summed E-state index contributed by atoms with van der Waals surface area (Å²) in [5.41, 5.74) is 0.962. The van der Waals surface area contributed by atoms with Gasteiger partial charge >= 0.3 is 5.97 Å². The topological polar surface area (TPSA) is 38.8 Å². The SMILES string of the molecule is C=C(C)[C@@H]1C[C@H]2O[C@@]2(C)[C@H]2OC(=O)C[C@@H]12. The van der Waals surface area contributed by atoms with E-state index in [4.69, 9.17) is 9.47 Å². The largest absolute Gasteiger partial charge is 0.459 e. The van der Waals surface area contributed by atoms with E-state index < -0.39 is 0 Å². The fourth-order valence-electron chi connectivity index (χ4n) is 3.25. The Hall–Kier alpha value is -0.830. The Balaban J connectivity index is 1.93. The van der Waals surface area contributed by atoms with Crippen molar-refractivity contribution in [1.29, 1.82) is 0 Å². The standard InChI is InChI=1S/C12H16O3/c1-6(2)7-4-9-12(3,15-9)11-8(7)5-10(13)14-11/h7-9,11H,1,4-5H2,2-3H3/t7-,8-,9+,11-,12+/m0/s1. The summed E-state index contributed by atoms with van der Waals surface area (Å²) in [5.74, 6) is 0.606. The number of ether oxygens (including phenoxy) is 2. The molecule has 3 fully saturated rings. The summed E-state index contributed by atoms with van der Waals surface area (Å²) in [4.78, 5) is 11.4. The second kappa shape index (κ2) is 2.64. The van der Waals surface area contributed by atoms with Crippen LogP contribution in [0.1, 0.15) is 26.7 Å². The molecule has 3 rings (SSSR count). The summed E-state index contributed by atoms with van der Waals surface area (Å²) in [7, 11) is 0. The van der Waals surface area contributed by atoms with E-state index in [1.54, 1.807) is 0 Å². The smallest absolute Gasteiger partial charge is 0.306 e. The molecule has 3 aliphatic rings. The molecule has 0 aromatic heterocycles. The van der Waals surface area contributed by atoms with E-state index >= 15 is 0 Å². The summed E-state index contributed by atoms with van der Waals surface area (Å²) in [6.45, 7) is 8.11. The quantitative estimate of drug-likeness (QED) is 0.374. The molecular formula is C12H16O3. The summed E-state index contributed by atoms with van der Waals surface area (Å²) in [6.07, 6.45) is 1.77. The Labute approximate surface area is 89.4 Å². The maximum atomic E-state index is 11.4. The maximum Gasteiger partial charge on any atom is 0.306 e. The third-order valence-electron chi connectivity index (χ3n) is 4.21. The molecule has 2 heterocycles. The van der Waals surface area contributed by atoms with E-state index in [1.165, 1.54) is 0 Å². The highest BCUT2D eigenvalue weighted by atomic mass is 16.7. The highest BCUT2D eigenvalue weighted by molar-refractivity contribution is 5.73. The molecule has 5 atom stereocenters. The Morgan fingerprint density at radius 1 is 1.60 bits per heavy atom. The van der Waals surface area contributed by atoms with Crippen molar-refractivity contribution >= 4 is 5.97 Å². The average molecular weight is 208 g/mol. The maximum absolute atomic E-state index is 11.4. The number of allylic oxidation sites excluding steroid dienone is 1. The van der Waals surface area contributed by atoms with Gasteiger partial charge in [-0.05, 0) is 26.2 Å². The monoisotopic (exact) mass is 208 g/mol. The molecule has 0 N–H and O–H groups in total. The molecule has 82 valence electrons. The van der Waals surface area contributed by atoms with Gasteiger partial charge in [-0.15, -0.1) is 0 Å². The number of hydrogen-bond donors (Lipinski definition) is 0. The second-order valence-electron chi connectivity index (χ2n) is 5.26. The number of rotatable bonds is 1. The summed E-state index contributed by atoms with van der Waals surface area (Å²) < 4.78 is 11.1. The Morgan fingerprint density at radius 2 is 2.33 bits per heavy atom. The Bertz CT molecular complexity index is 349. The first kappa shape index (κ1) is 9.40. The molecule has 3 nitrogen and oxygen atoms in total. The molecule has 0 bridgehead atoms. The van der Waals surface area contributed by atoms with Crippen LogP contribution in [0.5, 0.6) is 0 Å². The molecule has 15 heavy (non-hydrogen) atoms. The van der Waals surface area contributed by atoms with Crippen molar-refractivity contribution in [2.24, 2.45) is 11.8 Å². The number of fused-ring (bicyclic) bond motifs is 3. The molecule has 3 heteroatoms. The van der Waals surface area contributed by atoms with Crippen molar-refractivity contribution in [3.63, 3.8) is 0 Å². The van der Waals surface area contributed by atoms with E-state index in [0.717, 1.165) is 12.0 Å². The van der Waals surface area contributed by atoms with Crippen LogP contribution in [0.2, 0.25) is 0 Å². The molecule has 0 unspecified atom stereocenters. The number of epoxide rings is 1. The zero-order chi connectivity index (χ0) is 10.8. The Kier molecular flexibility index (Phi) is 1.66. The van der Waals surface area contributed by atoms with E-state index in [2.05, 4.69) is 13.5 Å². The minimum absolute atomic E-state index is 0.0366. The first-order valence-electron chi connectivity index (χ1n) is 5.55. The van der Waals surface area contributed by atoms with Gasteiger partial charge in [0.25, 0.3) is 0 Å². The van der Waals surface area contributed by atoms with Crippen molar-refractivity contribution < 1.29 is 14.3 Å². The van der Waals surface area contributed by atoms with Crippen LogP contribution in [-0.2, 0) is 14.3 Å². The van der Waals surface area contributed by atoms with Crippen LogP contribution in [0, 0.1) is 11.8 Å². The van der Waals surface area contributed by atoms with Crippen LogP contribution < -0.4 is 0 Å². The van der Waals surface area contributed by atoms with Gasteiger partial charge in [-0.25, -0.2) is 0 Å². The molecule has 0 aromatic carbocycles. The van der Waals surface area contributed by atoms with Crippen molar-refractivity contribution in [1.82, 2.24) is 0 Å². The predicted octanol–water partition coefficient (Wildman–Crippen LogP) is 1.67. The van der Waals surface area contributed by atoms with E-state index in [9.17, 15) is 4.79 Å². The molecule has 0 aromatic rings. The van der Waals surface area contributed by atoms with Crippen LogP contribution in [0.15, 0.2) is 12.2 Å². The first-order valence-corrected chi connectivity index (χ1v) is 5.55. The van der Waals surface area contributed by atoms with Gasteiger partial charge in [-0.1, -0.05) is 12.2 Å². The normalized spacial score (nSPS) is 51.7. The van der Waals surface area contributed by atoms with E-state index in [0.29, 0.717) is 18.3 Å². The molecular weight excluding hydrogens is 192 g/mol. The fraction of sp³-hybridized carbons (Fsp3) is 0.750. The lowest BCUT2D eigenvalue weighted by molar-refractivity contribution is -0.144. The van der Waals surface area contributed by atoms with Crippen molar-refractivity contribution in [2.75, 3.05) is 0 Å². The highest BCUT2D eigenvalue weighted by Crippen LogP contribution is 2.57. The van der Waals surface area contributed by atoms with Crippen molar-refractivity contribution in [2.45, 2.75) is 44.5 Å². The summed E-state index contributed by atoms with van der Waals surface area (Å²) in [5, 5.41) is 0. The number of esters is 1. The third-order valence-corrected chi connectivity index (χ3v) is 4.21.